The van der Waals surface area contributed by atoms with Gasteiger partial charge in [0.25, 0.3) is 15.9 Å². The largest absolute Gasteiger partial charge is 0.348 e. The number of rotatable bonds is 6. The fraction of sp³-hybridized carbons (Fsp3) is 0.174. The predicted octanol–water partition coefficient (Wildman–Crippen LogP) is 4.06. The van der Waals surface area contributed by atoms with Crippen LogP contribution in [0.4, 0.5) is 5.69 Å². The van der Waals surface area contributed by atoms with Gasteiger partial charge in [0.2, 0.25) is 0 Å². The van der Waals surface area contributed by atoms with Crippen LogP contribution in [0.25, 0.3) is 0 Å². The zero-order valence-electron chi connectivity index (χ0n) is 16.7. The second kappa shape index (κ2) is 8.49. The third-order valence-electron chi connectivity index (χ3n) is 4.77. The highest BCUT2D eigenvalue weighted by Crippen LogP contribution is 2.26. The molecule has 0 aliphatic carbocycles. The highest BCUT2D eigenvalue weighted by atomic mass is 32.2. The van der Waals surface area contributed by atoms with Crippen LogP contribution in [-0.2, 0) is 16.6 Å². The predicted molar refractivity (Wildman–Crippen MR) is 116 cm³/mol. The van der Waals surface area contributed by atoms with E-state index < -0.39 is 10.0 Å². The number of hydrogen-bond acceptors (Lipinski definition) is 3. The first kappa shape index (κ1) is 20.6. The van der Waals surface area contributed by atoms with Gasteiger partial charge in [0, 0.05) is 19.2 Å². The average Bonchev–Trinajstić information content (AvgIpc) is 2.73. The number of nitrogens with zero attached hydrogens (tertiary/aromatic N) is 1. The minimum absolute atomic E-state index is 0.200. The average molecular weight is 409 g/mol. The lowest BCUT2D eigenvalue weighted by Crippen LogP contribution is -2.27. The molecule has 1 amide bonds. The standard InChI is InChI=1S/C23H24N2O3S/c1-17-9-11-19(12-10-17)16-24-23(26)20-13-14-22(18(2)15-20)25(3)29(27,28)21-7-5-4-6-8-21/h4-15H,16H2,1-3H3,(H,24,26). The number of aryl methyl sites for hydroxylation is 2. The van der Waals surface area contributed by atoms with E-state index in [1.807, 2.05) is 31.2 Å². The number of hydrogen-bond donors (Lipinski definition) is 1. The molecule has 6 heteroatoms. The zero-order valence-corrected chi connectivity index (χ0v) is 17.5. The molecule has 0 saturated heterocycles. The Hall–Kier alpha value is -3.12. The van der Waals surface area contributed by atoms with Crippen molar-refractivity contribution >= 4 is 21.6 Å². The summed E-state index contributed by atoms with van der Waals surface area (Å²) in [5.74, 6) is -0.200. The third kappa shape index (κ3) is 4.66. The second-order valence-electron chi connectivity index (χ2n) is 6.96. The summed E-state index contributed by atoms with van der Waals surface area (Å²) in [5, 5.41) is 2.90. The monoisotopic (exact) mass is 408 g/mol. The fourth-order valence-electron chi connectivity index (χ4n) is 3.02. The number of anilines is 1. The topological polar surface area (TPSA) is 66.5 Å². The number of nitrogens with one attached hydrogen (secondary N) is 1. The molecule has 5 nitrogen and oxygen atoms in total. The lowest BCUT2D eigenvalue weighted by molar-refractivity contribution is 0.0951. The molecule has 0 radical (unpaired) electrons. The summed E-state index contributed by atoms with van der Waals surface area (Å²) in [6, 6.07) is 21.3. The highest BCUT2D eigenvalue weighted by molar-refractivity contribution is 7.92. The lowest BCUT2D eigenvalue weighted by Gasteiger charge is -2.22. The summed E-state index contributed by atoms with van der Waals surface area (Å²) >= 11 is 0. The van der Waals surface area contributed by atoms with Crippen LogP contribution in [0, 0.1) is 13.8 Å². The van der Waals surface area contributed by atoms with Crippen molar-refractivity contribution < 1.29 is 13.2 Å². The Labute approximate surface area is 172 Å². The molecule has 150 valence electrons. The van der Waals surface area contributed by atoms with Gasteiger partial charge in [0.15, 0.2) is 0 Å². The SMILES string of the molecule is Cc1ccc(CNC(=O)c2ccc(N(C)S(=O)(=O)c3ccccc3)c(C)c2)cc1. The van der Waals surface area contributed by atoms with E-state index >= 15 is 0 Å². The Morgan fingerprint density at radius 1 is 0.931 bits per heavy atom. The van der Waals surface area contributed by atoms with Crippen LogP contribution >= 0.6 is 0 Å². The molecule has 3 aromatic carbocycles. The molecular weight excluding hydrogens is 384 g/mol. The quantitative estimate of drug-likeness (QED) is 0.669. The maximum atomic E-state index is 12.8. The Balaban J connectivity index is 1.75. The molecular formula is C23H24N2O3S. The number of amides is 1. The normalized spacial score (nSPS) is 11.1. The summed E-state index contributed by atoms with van der Waals surface area (Å²) < 4.78 is 26.9. The first-order chi connectivity index (χ1) is 13.8. The van der Waals surface area contributed by atoms with E-state index in [0.717, 1.165) is 5.56 Å². The van der Waals surface area contributed by atoms with Crippen LogP contribution < -0.4 is 9.62 Å². The van der Waals surface area contributed by atoms with Crippen molar-refractivity contribution in [3.05, 3.63) is 95.1 Å². The third-order valence-corrected chi connectivity index (χ3v) is 6.56. The minimum atomic E-state index is -3.66. The van der Waals surface area contributed by atoms with E-state index in [1.54, 1.807) is 55.5 Å². The van der Waals surface area contributed by atoms with Crippen molar-refractivity contribution in [2.75, 3.05) is 11.4 Å². The molecule has 0 fully saturated rings. The van der Waals surface area contributed by atoms with Gasteiger partial charge in [-0.2, -0.15) is 0 Å². The van der Waals surface area contributed by atoms with Gasteiger partial charge in [-0.3, -0.25) is 9.10 Å². The number of carbonyl (C=O) groups is 1. The lowest BCUT2D eigenvalue weighted by atomic mass is 10.1. The maximum absolute atomic E-state index is 12.8. The van der Waals surface area contributed by atoms with Crippen molar-refractivity contribution in [3.8, 4) is 0 Å². The van der Waals surface area contributed by atoms with Crippen LogP contribution in [0.5, 0.6) is 0 Å². The molecule has 0 atom stereocenters. The van der Waals surface area contributed by atoms with Crippen molar-refractivity contribution in [2.24, 2.45) is 0 Å². The summed E-state index contributed by atoms with van der Waals surface area (Å²) in [4.78, 5) is 12.7. The molecule has 0 saturated carbocycles. The molecule has 3 rings (SSSR count). The van der Waals surface area contributed by atoms with Gasteiger partial charge in [-0.1, -0.05) is 48.0 Å². The molecule has 0 heterocycles. The first-order valence-corrected chi connectivity index (χ1v) is 10.7. The van der Waals surface area contributed by atoms with Crippen LogP contribution in [0.3, 0.4) is 0 Å². The van der Waals surface area contributed by atoms with Crippen molar-refractivity contribution in [3.63, 3.8) is 0 Å². The van der Waals surface area contributed by atoms with E-state index in [-0.39, 0.29) is 10.8 Å². The Morgan fingerprint density at radius 3 is 2.21 bits per heavy atom. The number of carbonyl (C=O) groups excluding carboxylic acids is 1. The molecule has 0 aliphatic rings. The van der Waals surface area contributed by atoms with Crippen LogP contribution in [0.1, 0.15) is 27.0 Å². The second-order valence-corrected chi connectivity index (χ2v) is 8.92. The summed E-state index contributed by atoms with van der Waals surface area (Å²) in [6.45, 7) is 4.24. The first-order valence-electron chi connectivity index (χ1n) is 9.27. The van der Waals surface area contributed by atoms with Crippen LogP contribution in [0.2, 0.25) is 0 Å². The van der Waals surface area contributed by atoms with Gasteiger partial charge in [-0.05, 0) is 55.3 Å². The van der Waals surface area contributed by atoms with Crippen molar-refractivity contribution in [2.45, 2.75) is 25.3 Å². The Kier molecular flexibility index (Phi) is 6.03. The number of sulfonamides is 1. The maximum Gasteiger partial charge on any atom is 0.264 e. The van der Waals surface area contributed by atoms with E-state index in [1.165, 1.54) is 16.9 Å². The van der Waals surface area contributed by atoms with E-state index in [2.05, 4.69) is 5.32 Å². The van der Waals surface area contributed by atoms with E-state index in [0.29, 0.717) is 23.4 Å². The molecule has 0 aliphatic heterocycles. The van der Waals surface area contributed by atoms with Gasteiger partial charge >= 0.3 is 0 Å². The van der Waals surface area contributed by atoms with Crippen molar-refractivity contribution in [1.29, 1.82) is 0 Å². The van der Waals surface area contributed by atoms with E-state index in [4.69, 9.17) is 0 Å². The van der Waals surface area contributed by atoms with Gasteiger partial charge in [0.05, 0.1) is 10.6 Å². The van der Waals surface area contributed by atoms with E-state index in [9.17, 15) is 13.2 Å². The number of benzene rings is 3. The zero-order chi connectivity index (χ0) is 21.0. The Bertz CT molecular complexity index is 1110. The summed E-state index contributed by atoms with van der Waals surface area (Å²) in [5.41, 5.74) is 3.91. The van der Waals surface area contributed by atoms with Gasteiger partial charge in [0.1, 0.15) is 0 Å². The molecule has 29 heavy (non-hydrogen) atoms. The van der Waals surface area contributed by atoms with Crippen LogP contribution in [-0.4, -0.2) is 21.4 Å². The highest BCUT2D eigenvalue weighted by Gasteiger charge is 2.22. The molecule has 1 N–H and O–H groups in total. The smallest absolute Gasteiger partial charge is 0.264 e. The van der Waals surface area contributed by atoms with Gasteiger partial charge in [-0.15, -0.1) is 0 Å². The molecule has 0 spiro atoms. The van der Waals surface area contributed by atoms with Crippen molar-refractivity contribution in [1.82, 2.24) is 5.32 Å². The molecule has 0 bridgehead atoms. The van der Waals surface area contributed by atoms with Gasteiger partial charge < -0.3 is 5.32 Å². The summed E-state index contributed by atoms with van der Waals surface area (Å²) in [6.07, 6.45) is 0. The molecule has 0 unspecified atom stereocenters. The fourth-order valence-corrected chi connectivity index (χ4v) is 4.30. The van der Waals surface area contributed by atoms with Gasteiger partial charge in [-0.25, -0.2) is 8.42 Å². The molecule has 0 aromatic heterocycles. The minimum Gasteiger partial charge on any atom is -0.348 e. The summed E-state index contributed by atoms with van der Waals surface area (Å²) in [7, 11) is -2.15. The molecule has 3 aromatic rings. The van der Waals surface area contributed by atoms with Crippen LogP contribution in [0.15, 0.2) is 77.7 Å². The Morgan fingerprint density at radius 2 is 1.59 bits per heavy atom.